The Morgan fingerprint density at radius 3 is 2.35 bits per heavy atom. The summed E-state index contributed by atoms with van der Waals surface area (Å²) in [4.78, 5) is 15.9. The van der Waals surface area contributed by atoms with Crippen molar-refractivity contribution in [2.45, 2.75) is 37.1 Å². The topological polar surface area (TPSA) is 57.7 Å². The third kappa shape index (κ3) is 3.90. The number of carbonyl (C=O) groups is 1. The van der Waals surface area contributed by atoms with Gasteiger partial charge in [0.05, 0.1) is 0 Å². The minimum Gasteiger partial charge on any atom is -0.338 e. The van der Waals surface area contributed by atoms with Crippen LogP contribution in [0.4, 0.5) is 3.89 Å². The van der Waals surface area contributed by atoms with Crippen LogP contribution in [-0.2, 0) is 21.6 Å². The third-order valence-electron chi connectivity index (χ3n) is 4.77. The van der Waals surface area contributed by atoms with Gasteiger partial charge in [-0.3, -0.25) is 9.69 Å². The summed E-state index contributed by atoms with van der Waals surface area (Å²) in [5, 5.41) is -1.18. The highest BCUT2D eigenvalue weighted by Crippen LogP contribution is 2.26. The highest BCUT2D eigenvalue weighted by atomic mass is 32.3. The van der Waals surface area contributed by atoms with Gasteiger partial charge in [0.2, 0.25) is 5.91 Å². The fraction of sp³-hybridized carbons (Fsp3) is 0.562. The van der Waals surface area contributed by atoms with Gasteiger partial charge >= 0.3 is 10.2 Å². The van der Waals surface area contributed by atoms with Gasteiger partial charge in [-0.25, -0.2) is 0 Å². The van der Waals surface area contributed by atoms with Crippen LogP contribution in [0.15, 0.2) is 30.3 Å². The van der Waals surface area contributed by atoms with Crippen LogP contribution in [0.2, 0.25) is 0 Å². The lowest BCUT2D eigenvalue weighted by Crippen LogP contribution is -2.45. The van der Waals surface area contributed by atoms with Crippen molar-refractivity contribution in [3.63, 3.8) is 0 Å². The summed E-state index contributed by atoms with van der Waals surface area (Å²) in [7, 11) is -4.63. The van der Waals surface area contributed by atoms with E-state index in [9.17, 15) is 17.1 Å². The van der Waals surface area contributed by atoms with Crippen LogP contribution in [0, 0.1) is 0 Å². The zero-order valence-electron chi connectivity index (χ0n) is 12.9. The van der Waals surface area contributed by atoms with E-state index in [1.54, 1.807) is 4.90 Å². The molecule has 126 valence electrons. The highest BCUT2D eigenvalue weighted by Gasteiger charge is 2.41. The van der Waals surface area contributed by atoms with Crippen LogP contribution < -0.4 is 0 Å². The van der Waals surface area contributed by atoms with Crippen molar-refractivity contribution in [1.82, 2.24) is 9.80 Å². The lowest BCUT2D eigenvalue weighted by Gasteiger charge is -2.36. The predicted molar refractivity (Wildman–Crippen MR) is 84.9 cm³/mol. The molecular weight excluding hydrogens is 319 g/mol. The van der Waals surface area contributed by atoms with E-state index < -0.39 is 15.5 Å². The van der Waals surface area contributed by atoms with Gasteiger partial charge in [0.15, 0.2) is 0 Å². The number of piperidine rings is 1. The standard InChI is InChI=1S/C16H21FN2O3S/c17-23(21,22)15-10-16(20)19(12-15)14-6-8-18(9-7-14)11-13-4-2-1-3-5-13/h1-5,14-15H,6-12H2. The van der Waals surface area contributed by atoms with Gasteiger partial charge in [-0.2, -0.15) is 8.42 Å². The second-order valence-corrected chi connectivity index (χ2v) is 7.96. The van der Waals surface area contributed by atoms with Crippen LogP contribution in [0.5, 0.6) is 0 Å². The van der Waals surface area contributed by atoms with E-state index in [1.807, 2.05) is 18.2 Å². The zero-order valence-corrected chi connectivity index (χ0v) is 13.7. The van der Waals surface area contributed by atoms with Gasteiger partial charge in [-0.05, 0) is 18.4 Å². The van der Waals surface area contributed by atoms with Gasteiger partial charge < -0.3 is 4.90 Å². The molecule has 2 heterocycles. The van der Waals surface area contributed by atoms with Crippen LogP contribution in [0.3, 0.4) is 0 Å². The molecule has 1 unspecified atom stereocenters. The normalized spacial score (nSPS) is 24.3. The van der Waals surface area contributed by atoms with Crippen molar-refractivity contribution in [1.29, 1.82) is 0 Å². The quantitative estimate of drug-likeness (QED) is 0.781. The SMILES string of the molecule is O=C1CC(S(=O)(=O)F)CN1C1CCN(Cc2ccccc2)CC1. The van der Waals surface area contributed by atoms with E-state index in [0.717, 1.165) is 32.5 Å². The molecule has 1 aromatic rings. The highest BCUT2D eigenvalue weighted by molar-refractivity contribution is 7.87. The molecule has 1 amide bonds. The molecule has 0 radical (unpaired) electrons. The molecule has 3 rings (SSSR count). The van der Waals surface area contributed by atoms with Crippen LogP contribution in [0.25, 0.3) is 0 Å². The lowest BCUT2D eigenvalue weighted by molar-refractivity contribution is -0.130. The van der Waals surface area contributed by atoms with E-state index >= 15 is 0 Å². The molecule has 0 aromatic heterocycles. The Bertz CT molecular complexity index is 657. The Morgan fingerprint density at radius 1 is 1.13 bits per heavy atom. The molecule has 2 aliphatic heterocycles. The summed E-state index contributed by atoms with van der Waals surface area (Å²) in [5.74, 6) is -0.238. The molecule has 5 nitrogen and oxygen atoms in total. The van der Waals surface area contributed by atoms with E-state index in [0.29, 0.717) is 0 Å². The second-order valence-electron chi connectivity index (χ2n) is 6.34. The molecule has 2 aliphatic rings. The Labute approximate surface area is 136 Å². The van der Waals surface area contributed by atoms with Gasteiger partial charge in [-0.1, -0.05) is 30.3 Å². The molecule has 0 spiro atoms. The molecule has 2 saturated heterocycles. The van der Waals surface area contributed by atoms with E-state index in [1.165, 1.54) is 5.56 Å². The van der Waals surface area contributed by atoms with Gasteiger partial charge in [0.1, 0.15) is 5.25 Å². The number of halogens is 1. The van der Waals surface area contributed by atoms with Gasteiger partial charge in [-0.15, -0.1) is 3.89 Å². The van der Waals surface area contributed by atoms with Crippen LogP contribution in [0.1, 0.15) is 24.8 Å². The number of carbonyl (C=O) groups excluding carboxylic acids is 1. The summed E-state index contributed by atoms with van der Waals surface area (Å²) in [6, 6.07) is 10.2. The summed E-state index contributed by atoms with van der Waals surface area (Å²) >= 11 is 0. The molecule has 0 aliphatic carbocycles. The Morgan fingerprint density at radius 2 is 1.78 bits per heavy atom. The summed E-state index contributed by atoms with van der Waals surface area (Å²) in [6.45, 7) is 2.59. The molecule has 1 atom stereocenters. The Kier molecular flexibility index (Phi) is 4.68. The monoisotopic (exact) mass is 340 g/mol. The van der Waals surface area contributed by atoms with Crippen molar-refractivity contribution in [3.05, 3.63) is 35.9 Å². The zero-order chi connectivity index (χ0) is 16.4. The number of rotatable bonds is 4. The maximum absolute atomic E-state index is 13.1. The van der Waals surface area contributed by atoms with E-state index in [2.05, 4.69) is 17.0 Å². The van der Waals surface area contributed by atoms with Crippen molar-refractivity contribution in [3.8, 4) is 0 Å². The van der Waals surface area contributed by atoms with Crippen molar-refractivity contribution < 1.29 is 17.1 Å². The lowest BCUT2D eigenvalue weighted by atomic mass is 10.0. The second kappa shape index (κ2) is 6.57. The number of hydrogen-bond acceptors (Lipinski definition) is 4. The molecule has 1 aromatic carbocycles. The first-order valence-corrected chi connectivity index (χ1v) is 9.37. The number of hydrogen-bond donors (Lipinski definition) is 0. The summed E-state index contributed by atoms with van der Waals surface area (Å²) in [6.07, 6.45) is 1.39. The average molecular weight is 340 g/mol. The maximum atomic E-state index is 13.1. The minimum atomic E-state index is -4.63. The van der Waals surface area contributed by atoms with E-state index in [4.69, 9.17) is 0 Å². The molecule has 0 N–H and O–H groups in total. The van der Waals surface area contributed by atoms with Crippen molar-refractivity contribution >= 4 is 16.1 Å². The number of likely N-dealkylation sites (tertiary alicyclic amines) is 2. The van der Waals surface area contributed by atoms with Crippen molar-refractivity contribution in [2.75, 3.05) is 19.6 Å². The first kappa shape index (κ1) is 16.4. The molecule has 2 fully saturated rings. The molecule has 0 bridgehead atoms. The summed E-state index contributed by atoms with van der Waals surface area (Å²) in [5.41, 5.74) is 1.26. The Balaban J connectivity index is 1.54. The largest absolute Gasteiger partial charge is 0.338 e. The summed E-state index contributed by atoms with van der Waals surface area (Å²) < 4.78 is 35.1. The molecule has 7 heteroatoms. The van der Waals surface area contributed by atoms with Gasteiger partial charge in [0, 0.05) is 38.6 Å². The first-order valence-electron chi connectivity index (χ1n) is 7.92. The van der Waals surface area contributed by atoms with Crippen LogP contribution in [-0.4, -0.2) is 55.1 Å². The number of amides is 1. The predicted octanol–water partition coefficient (Wildman–Crippen LogP) is 1.55. The Hall–Kier alpha value is -1.47. The van der Waals surface area contributed by atoms with Crippen LogP contribution >= 0.6 is 0 Å². The first-order chi connectivity index (χ1) is 10.9. The third-order valence-corrected chi connectivity index (χ3v) is 5.88. The fourth-order valence-electron chi connectivity index (χ4n) is 3.47. The molecule has 23 heavy (non-hydrogen) atoms. The van der Waals surface area contributed by atoms with Gasteiger partial charge in [0.25, 0.3) is 0 Å². The number of benzene rings is 1. The number of nitrogens with zero attached hydrogens (tertiary/aromatic N) is 2. The smallest absolute Gasteiger partial charge is 0.307 e. The van der Waals surface area contributed by atoms with Crippen molar-refractivity contribution in [2.24, 2.45) is 0 Å². The fourth-order valence-corrected chi connectivity index (χ4v) is 4.15. The minimum absolute atomic E-state index is 0.00101. The average Bonchev–Trinajstić information content (AvgIpc) is 2.91. The van der Waals surface area contributed by atoms with E-state index in [-0.39, 0.29) is 24.9 Å². The molecular formula is C16H21FN2O3S. The maximum Gasteiger partial charge on any atom is 0.307 e. The molecule has 0 saturated carbocycles.